The molecular formula is C33H38N8S. The summed E-state index contributed by atoms with van der Waals surface area (Å²) in [6, 6.07) is 33.8. The molecule has 3 heterocycles. The lowest BCUT2D eigenvalue weighted by Crippen LogP contribution is -2.48. The summed E-state index contributed by atoms with van der Waals surface area (Å²) in [6.45, 7) is 9.42. The lowest BCUT2D eigenvalue weighted by Gasteiger charge is -2.38. The van der Waals surface area contributed by atoms with E-state index in [0.29, 0.717) is 11.1 Å². The molecule has 1 aromatic heterocycles. The van der Waals surface area contributed by atoms with E-state index in [2.05, 4.69) is 116 Å². The quantitative estimate of drug-likeness (QED) is 0.289. The number of thiocarbonyl (C=S) groups is 1. The van der Waals surface area contributed by atoms with Gasteiger partial charge < -0.3 is 30.2 Å². The van der Waals surface area contributed by atoms with Crippen molar-refractivity contribution in [3.8, 4) is 0 Å². The summed E-state index contributed by atoms with van der Waals surface area (Å²) in [5, 5.41) is 7.20. The number of rotatable bonds is 7. The molecule has 6 rings (SSSR count). The third-order valence-corrected chi connectivity index (χ3v) is 8.24. The maximum Gasteiger partial charge on any atom is 0.232 e. The largest absolute Gasteiger partial charge is 0.368 e. The zero-order chi connectivity index (χ0) is 28.7. The van der Waals surface area contributed by atoms with Crippen molar-refractivity contribution in [1.82, 2.24) is 15.3 Å². The highest BCUT2D eigenvalue weighted by molar-refractivity contribution is 7.80. The lowest BCUT2D eigenvalue weighted by molar-refractivity contribution is 0.638. The van der Waals surface area contributed by atoms with Gasteiger partial charge in [-0.3, -0.25) is 0 Å². The third-order valence-electron chi connectivity index (χ3n) is 8.02. The van der Waals surface area contributed by atoms with E-state index in [1.54, 1.807) is 0 Å². The molecule has 9 heteroatoms. The van der Waals surface area contributed by atoms with Crippen LogP contribution in [0.1, 0.15) is 18.5 Å². The van der Waals surface area contributed by atoms with E-state index in [1.165, 1.54) is 16.9 Å². The highest BCUT2D eigenvalue weighted by Gasteiger charge is 2.23. The summed E-state index contributed by atoms with van der Waals surface area (Å²) in [4.78, 5) is 19.5. The average molecular weight is 579 g/mol. The third kappa shape index (κ3) is 6.74. The summed E-state index contributed by atoms with van der Waals surface area (Å²) < 4.78 is 0. The molecule has 0 saturated carbocycles. The topological polar surface area (TPSA) is 62.8 Å². The van der Waals surface area contributed by atoms with Crippen LogP contribution in [0.2, 0.25) is 0 Å². The highest BCUT2D eigenvalue weighted by atomic mass is 32.1. The summed E-state index contributed by atoms with van der Waals surface area (Å²) >= 11 is 5.71. The first-order valence-corrected chi connectivity index (χ1v) is 15.1. The molecule has 0 bridgehead atoms. The Morgan fingerprint density at radius 3 is 1.48 bits per heavy atom. The fourth-order valence-electron chi connectivity index (χ4n) is 5.63. The minimum absolute atomic E-state index is 0.0611. The van der Waals surface area contributed by atoms with Crippen LogP contribution < -0.4 is 30.2 Å². The molecule has 216 valence electrons. The Balaban J connectivity index is 1.18. The predicted molar refractivity (Wildman–Crippen MR) is 178 cm³/mol. The Morgan fingerprint density at radius 1 is 0.619 bits per heavy atom. The number of hydrogen-bond acceptors (Lipinski definition) is 7. The van der Waals surface area contributed by atoms with E-state index in [0.717, 1.165) is 64.0 Å². The van der Waals surface area contributed by atoms with Gasteiger partial charge in [0, 0.05) is 69.8 Å². The fourth-order valence-corrected chi connectivity index (χ4v) is 5.89. The zero-order valence-corrected chi connectivity index (χ0v) is 24.9. The van der Waals surface area contributed by atoms with Crippen molar-refractivity contribution in [2.24, 2.45) is 0 Å². The molecule has 2 fully saturated rings. The molecular weight excluding hydrogens is 540 g/mol. The van der Waals surface area contributed by atoms with Gasteiger partial charge >= 0.3 is 0 Å². The minimum atomic E-state index is 0.0611. The van der Waals surface area contributed by atoms with Crippen LogP contribution in [-0.4, -0.2) is 67.4 Å². The van der Waals surface area contributed by atoms with Gasteiger partial charge in [0.25, 0.3) is 0 Å². The second kappa shape index (κ2) is 13.1. The Hall–Kier alpha value is -4.37. The van der Waals surface area contributed by atoms with Crippen LogP contribution >= 0.6 is 12.2 Å². The fraction of sp³-hybridized carbons (Fsp3) is 0.303. The van der Waals surface area contributed by atoms with Crippen molar-refractivity contribution in [1.29, 1.82) is 0 Å². The van der Waals surface area contributed by atoms with Gasteiger partial charge in [0.2, 0.25) is 5.95 Å². The van der Waals surface area contributed by atoms with Crippen molar-refractivity contribution < 1.29 is 0 Å². The number of piperazine rings is 2. The molecule has 0 spiro atoms. The van der Waals surface area contributed by atoms with Gasteiger partial charge in [-0.1, -0.05) is 66.7 Å². The Bertz CT molecular complexity index is 1360. The molecule has 3 aromatic carbocycles. The van der Waals surface area contributed by atoms with E-state index < -0.39 is 0 Å². The van der Waals surface area contributed by atoms with Crippen LogP contribution in [0.4, 0.5) is 29.0 Å². The molecule has 4 aromatic rings. The van der Waals surface area contributed by atoms with Gasteiger partial charge in [-0.25, -0.2) is 0 Å². The summed E-state index contributed by atoms with van der Waals surface area (Å²) in [7, 11) is 0. The minimum Gasteiger partial charge on any atom is -0.368 e. The standard InChI is InChI=1S/C33H38N8S/c1-26(27-11-5-2-6-12-27)34-33(42)37-32-35-30(40-21-17-38(18-22-40)28-13-7-3-8-14-28)25-31(36-32)41-23-19-39(20-24-41)29-15-9-4-10-16-29/h2-16,25-26H,17-24H2,1H3,(H2,34,35,36,37,42)/t26-/m0/s1. The molecule has 0 radical (unpaired) electrons. The number of nitrogens with one attached hydrogen (secondary N) is 2. The van der Waals surface area contributed by atoms with E-state index in [9.17, 15) is 0 Å². The smallest absolute Gasteiger partial charge is 0.232 e. The van der Waals surface area contributed by atoms with Crippen molar-refractivity contribution in [3.05, 3.63) is 103 Å². The van der Waals surface area contributed by atoms with Crippen LogP contribution in [0, 0.1) is 0 Å². The number of hydrogen-bond donors (Lipinski definition) is 2. The first kappa shape index (κ1) is 27.8. The number of para-hydroxylation sites is 2. The van der Waals surface area contributed by atoms with Crippen LogP contribution in [0.15, 0.2) is 97.1 Å². The summed E-state index contributed by atoms with van der Waals surface area (Å²) in [6.07, 6.45) is 0. The SMILES string of the molecule is C[C@H](NC(=S)Nc1nc(N2CCN(c3ccccc3)CC2)cc(N2CCN(c3ccccc3)CC2)n1)c1ccccc1. The van der Waals surface area contributed by atoms with Gasteiger partial charge in [-0.05, 0) is 49.0 Å². The van der Waals surface area contributed by atoms with Gasteiger partial charge in [0.1, 0.15) is 11.6 Å². The van der Waals surface area contributed by atoms with Crippen LogP contribution in [0.5, 0.6) is 0 Å². The van der Waals surface area contributed by atoms with Crippen LogP contribution in [0.3, 0.4) is 0 Å². The number of nitrogens with zero attached hydrogens (tertiary/aromatic N) is 6. The summed E-state index contributed by atoms with van der Waals surface area (Å²) in [5.74, 6) is 2.38. The van der Waals surface area contributed by atoms with E-state index >= 15 is 0 Å². The normalized spacial score (nSPS) is 16.2. The van der Waals surface area contributed by atoms with Crippen molar-refractivity contribution >= 4 is 46.3 Å². The first-order valence-electron chi connectivity index (χ1n) is 14.7. The Kier molecular flexibility index (Phi) is 8.65. The van der Waals surface area contributed by atoms with E-state index in [1.807, 2.05) is 18.2 Å². The number of benzene rings is 3. The van der Waals surface area contributed by atoms with Crippen molar-refractivity contribution in [2.45, 2.75) is 13.0 Å². The maximum atomic E-state index is 5.71. The molecule has 42 heavy (non-hydrogen) atoms. The Morgan fingerprint density at radius 2 is 1.02 bits per heavy atom. The van der Waals surface area contributed by atoms with Crippen LogP contribution in [-0.2, 0) is 0 Å². The molecule has 8 nitrogen and oxygen atoms in total. The number of anilines is 5. The average Bonchev–Trinajstić information content (AvgIpc) is 3.06. The number of aromatic nitrogens is 2. The predicted octanol–water partition coefficient (Wildman–Crippen LogP) is 5.18. The van der Waals surface area contributed by atoms with Crippen LogP contribution in [0.25, 0.3) is 0 Å². The lowest BCUT2D eigenvalue weighted by atomic mass is 10.1. The second-order valence-corrected chi connectivity index (χ2v) is 11.2. The van der Waals surface area contributed by atoms with E-state index in [4.69, 9.17) is 22.2 Å². The molecule has 2 N–H and O–H groups in total. The van der Waals surface area contributed by atoms with E-state index in [-0.39, 0.29) is 6.04 Å². The second-order valence-electron chi connectivity index (χ2n) is 10.8. The van der Waals surface area contributed by atoms with Gasteiger partial charge in [-0.2, -0.15) is 9.97 Å². The zero-order valence-electron chi connectivity index (χ0n) is 24.1. The monoisotopic (exact) mass is 578 g/mol. The van der Waals surface area contributed by atoms with Gasteiger partial charge in [-0.15, -0.1) is 0 Å². The molecule has 0 amide bonds. The summed E-state index contributed by atoms with van der Waals surface area (Å²) in [5.41, 5.74) is 3.70. The Labute approximate surface area is 254 Å². The van der Waals surface area contributed by atoms with Gasteiger partial charge in [0.05, 0.1) is 6.04 Å². The first-order chi connectivity index (χ1) is 20.6. The molecule has 2 saturated heterocycles. The molecule has 2 aliphatic rings. The van der Waals surface area contributed by atoms with Gasteiger partial charge in [0.15, 0.2) is 5.11 Å². The molecule has 0 aliphatic carbocycles. The van der Waals surface area contributed by atoms with Crippen molar-refractivity contribution in [3.63, 3.8) is 0 Å². The molecule has 1 atom stereocenters. The molecule has 0 unspecified atom stereocenters. The molecule has 2 aliphatic heterocycles. The highest BCUT2D eigenvalue weighted by Crippen LogP contribution is 2.26. The maximum absolute atomic E-state index is 5.71. The van der Waals surface area contributed by atoms with Crippen molar-refractivity contribution in [2.75, 3.05) is 77.3 Å².